The molecule has 0 aromatic carbocycles. The predicted molar refractivity (Wildman–Crippen MR) is 59.8 cm³/mol. The van der Waals surface area contributed by atoms with Crippen LogP contribution in [0.3, 0.4) is 0 Å². The Kier molecular flexibility index (Phi) is 3.76. The lowest BCUT2D eigenvalue weighted by Crippen LogP contribution is -2.39. The van der Waals surface area contributed by atoms with Crippen LogP contribution in [0, 0.1) is 0 Å². The molecule has 15 heavy (non-hydrogen) atoms. The fourth-order valence-corrected chi connectivity index (χ4v) is 2.24. The van der Waals surface area contributed by atoms with E-state index in [1.165, 1.54) is 0 Å². The van der Waals surface area contributed by atoms with Gasteiger partial charge in [-0.1, -0.05) is 11.8 Å². The molecule has 5 nitrogen and oxygen atoms in total. The second kappa shape index (κ2) is 5.29. The van der Waals surface area contributed by atoms with Gasteiger partial charge in [0.1, 0.15) is 5.03 Å². The molecule has 82 valence electrons. The van der Waals surface area contributed by atoms with Crippen LogP contribution in [0.4, 0.5) is 5.82 Å². The highest BCUT2D eigenvalue weighted by atomic mass is 32.2. The SMILES string of the molecule is Nc1nccnc1SCC1CNCCO1. The van der Waals surface area contributed by atoms with Gasteiger partial charge >= 0.3 is 0 Å². The van der Waals surface area contributed by atoms with Gasteiger partial charge in [-0.3, -0.25) is 0 Å². The van der Waals surface area contributed by atoms with E-state index in [-0.39, 0.29) is 6.10 Å². The van der Waals surface area contributed by atoms with Gasteiger partial charge in [-0.2, -0.15) is 0 Å². The lowest BCUT2D eigenvalue weighted by Gasteiger charge is -2.23. The highest BCUT2D eigenvalue weighted by Gasteiger charge is 2.14. The summed E-state index contributed by atoms with van der Waals surface area (Å²) in [5.74, 6) is 1.35. The van der Waals surface area contributed by atoms with Gasteiger partial charge in [-0.15, -0.1) is 0 Å². The van der Waals surface area contributed by atoms with Crippen LogP contribution in [0.25, 0.3) is 0 Å². The van der Waals surface area contributed by atoms with Crippen LogP contribution in [0.1, 0.15) is 0 Å². The molecule has 2 heterocycles. The van der Waals surface area contributed by atoms with E-state index >= 15 is 0 Å². The molecule has 1 atom stereocenters. The van der Waals surface area contributed by atoms with Gasteiger partial charge in [0.25, 0.3) is 0 Å². The van der Waals surface area contributed by atoms with Gasteiger partial charge in [0.2, 0.25) is 0 Å². The summed E-state index contributed by atoms with van der Waals surface area (Å²) in [5.41, 5.74) is 5.69. The molecule has 0 bridgehead atoms. The lowest BCUT2D eigenvalue weighted by molar-refractivity contribution is 0.0440. The number of anilines is 1. The van der Waals surface area contributed by atoms with Gasteiger partial charge < -0.3 is 15.8 Å². The zero-order valence-corrected chi connectivity index (χ0v) is 9.17. The number of morpholine rings is 1. The summed E-state index contributed by atoms with van der Waals surface area (Å²) in [6.07, 6.45) is 3.49. The Morgan fingerprint density at radius 2 is 2.40 bits per heavy atom. The van der Waals surface area contributed by atoms with E-state index in [0.29, 0.717) is 5.82 Å². The molecule has 1 aromatic rings. The average Bonchev–Trinajstić information content (AvgIpc) is 2.29. The van der Waals surface area contributed by atoms with E-state index in [2.05, 4.69) is 15.3 Å². The Morgan fingerprint density at radius 1 is 1.53 bits per heavy atom. The number of nitrogens with zero attached hydrogens (tertiary/aromatic N) is 2. The second-order valence-electron chi connectivity index (χ2n) is 3.25. The van der Waals surface area contributed by atoms with E-state index in [4.69, 9.17) is 10.5 Å². The third-order valence-corrected chi connectivity index (χ3v) is 3.23. The molecular formula is C9H14N4OS. The Morgan fingerprint density at radius 3 is 3.13 bits per heavy atom. The number of hydrogen-bond acceptors (Lipinski definition) is 6. The zero-order chi connectivity index (χ0) is 10.5. The minimum absolute atomic E-state index is 0.241. The highest BCUT2D eigenvalue weighted by molar-refractivity contribution is 7.99. The molecule has 2 rings (SSSR count). The smallest absolute Gasteiger partial charge is 0.156 e. The Labute approximate surface area is 92.8 Å². The fourth-order valence-electron chi connectivity index (χ4n) is 1.35. The summed E-state index contributed by atoms with van der Waals surface area (Å²) >= 11 is 1.59. The number of nitrogens with one attached hydrogen (secondary N) is 1. The van der Waals surface area contributed by atoms with Crippen molar-refractivity contribution in [3.63, 3.8) is 0 Å². The van der Waals surface area contributed by atoms with Crippen LogP contribution in [0.5, 0.6) is 0 Å². The first kappa shape index (κ1) is 10.7. The highest BCUT2D eigenvalue weighted by Crippen LogP contribution is 2.21. The summed E-state index contributed by atoms with van der Waals surface area (Å²) < 4.78 is 5.57. The van der Waals surface area contributed by atoms with Crippen LogP contribution in [0.15, 0.2) is 17.4 Å². The Balaban J connectivity index is 1.84. The Hall–Kier alpha value is -0.850. The zero-order valence-electron chi connectivity index (χ0n) is 8.35. The second-order valence-corrected chi connectivity index (χ2v) is 4.26. The van der Waals surface area contributed by atoms with Crippen molar-refractivity contribution in [3.05, 3.63) is 12.4 Å². The quantitative estimate of drug-likeness (QED) is 0.714. The number of thioether (sulfide) groups is 1. The summed E-state index contributed by atoms with van der Waals surface area (Å²) in [6, 6.07) is 0. The van der Waals surface area contributed by atoms with E-state index in [1.54, 1.807) is 24.2 Å². The molecule has 0 spiro atoms. The third kappa shape index (κ3) is 3.05. The maximum absolute atomic E-state index is 5.69. The average molecular weight is 226 g/mol. The molecule has 0 saturated carbocycles. The van der Waals surface area contributed by atoms with Crippen LogP contribution >= 0.6 is 11.8 Å². The minimum atomic E-state index is 0.241. The van der Waals surface area contributed by atoms with Gasteiger partial charge in [-0.05, 0) is 0 Å². The number of hydrogen-bond donors (Lipinski definition) is 2. The molecule has 1 aliphatic heterocycles. The first-order valence-electron chi connectivity index (χ1n) is 4.88. The molecule has 1 fully saturated rings. The normalized spacial score (nSPS) is 21.5. The molecule has 0 amide bonds. The summed E-state index contributed by atoms with van der Waals surface area (Å²) in [6.45, 7) is 2.61. The van der Waals surface area contributed by atoms with Crippen molar-refractivity contribution in [2.24, 2.45) is 0 Å². The van der Waals surface area contributed by atoms with E-state index in [1.807, 2.05) is 0 Å². The van der Waals surface area contributed by atoms with Crippen LogP contribution in [0.2, 0.25) is 0 Å². The number of nitrogens with two attached hydrogens (primary N) is 1. The summed E-state index contributed by atoms with van der Waals surface area (Å²) in [7, 11) is 0. The molecule has 1 saturated heterocycles. The van der Waals surface area contributed by atoms with Crippen LogP contribution in [-0.4, -0.2) is 41.5 Å². The molecule has 1 unspecified atom stereocenters. The monoisotopic (exact) mass is 226 g/mol. The van der Waals surface area contributed by atoms with Crippen LogP contribution < -0.4 is 11.1 Å². The third-order valence-electron chi connectivity index (χ3n) is 2.10. The van der Waals surface area contributed by atoms with Crippen molar-refractivity contribution in [3.8, 4) is 0 Å². The van der Waals surface area contributed by atoms with Gasteiger partial charge in [0.05, 0.1) is 12.7 Å². The number of ether oxygens (including phenoxy) is 1. The first-order valence-corrected chi connectivity index (χ1v) is 5.86. The largest absolute Gasteiger partial charge is 0.381 e. The van der Waals surface area contributed by atoms with Crippen molar-refractivity contribution in [1.82, 2.24) is 15.3 Å². The standard InChI is InChI=1S/C9H14N4OS/c10-8-9(13-2-1-12-8)15-6-7-5-11-3-4-14-7/h1-2,7,11H,3-6H2,(H2,10,12). The maximum atomic E-state index is 5.69. The van der Waals surface area contributed by atoms with Crippen molar-refractivity contribution in [2.75, 3.05) is 31.2 Å². The van der Waals surface area contributed by atoms with E-state index in [0.717, 1.165) is 30.5 Å². The molecule has 1 aliphatic rings. The fraction of sp³-hybridized carbons (Fsp3) is 0.556. The van der Waals surface area contributed by atoms with E-state index < -0.39 is 0 Å². The molecule has 1 aromatic heterocycles. The predicted octanol–water partition coefficient (Wildman–Crippen LogP) is 0.139. The maximum Gasteiger partial charge on any atom is 0.156 e. The number of aromatic nitrogens is 2. The van der Waals surface area contributed by atoms with Crippen molar-refractivity contribution in [1.29, 1.82) is 0 Å². The van der Waals surface area contributed by atoms with Crippen molar-refractivity contribution >= 4 is 17.6 Å². The van der Waals surface area contributed by atoms with Crippen LogP contribution in [-0.2, 0) is 4.74 Å². The molecule has 6 heteroatoms. The van der Waals surface area contributed by atoms with Crippen molar-refractivity contribution in [2.45, 2.75) is 11.1 Å². The molecular weight excluding hydrogens is 212 g/mol. The van der Waals surface area contributed by atoms with E-state index in [9.17, 15) is 0 Å². The number of nitrogen functional groups attached to an aromatic ring is 1. The van der Waals surface area contributed by atoms with Gasteiger partial charge in [0, 0.05) is 31.2 Å². The van der Waals surface area contributed by atoms with Gasteiger partial charge in [0.15, 0.2) is 5.82 Å². The topological polar surface area (TPSA) is 73.1 Å². The molecule has 0 radical (unpaired) electrons. The van der Waals surface area contributed by atoms with Gasteiger partial charge in [-0.25, -0.2) is 9.97 Å². The first-order chi connectivity index (χ1) is 7.36. The molecule has 3 N–H and O–H groups in total. The number of rotatable bonds is 3. The summed E-state index contributed by atoms with van der Waals surface area (Å²) in [4.78, 5) is 8.14. The molecule has 0 aliphatic carbocycles. The summed E-state index contributed by atoms with van der Waals surface area (Å²) in [5, 5.41) is 4.06. The van der Waals surface area contributed by atoms with Crippen molar-refractivity contribution < 1.29 is 4.74 Å². The lowest BCUT2D eigenvalue weighted by atomic mass is 10.3. The Bertz CT molecular complexity index is 317. The minimum Gasteiger partial charge on any atom is -0.381 e.